The fourth-order valence-corrected chi connectivity index (χ4v) is 1.49. The van der Waals surface area contributed by atoms with Crippen LogP contribution in [-0.2, 0) is 0 Å². The van der Waals surface area contributed by atoms with E-state index in [4.69, 9.17) is 4.74 Å². The second kappa shape index (κ2) is 7.91. The molecule has 0 aliphatic rings. The molecular weight excluding hydrogens is 198 g/mol. The van der Waals surface area contributed by atoms with Crippen molar-refractivity contribution >= 4 is 6.21 Å². The fourth-order valence-electron chi connectivity index (χ4n) is 1.49. The molecule has 0 heterocycles. The normalized spacial score (nSPS) is 10.9. The predicted octanol–water partition coefficient (Wildman–Crippen LogP) is 3.69. The smallest absolute Gasteiger partial charge is 0.118 e. The minimum absolute atomic E-state index is 0.889. The topological polar surface area (TPSA) is 21.6 Å². The molecule has 0 aromatic heterocycles. The molecule has 0 N–H and O–H groups in total. The van der Waals surface area contributed by atoms with Crippen LogP contribution in [0.1, 0.15) is 38.2 Å². The Morgan fingerprint density at radius 2 is 1.88 bits per heavy atom. The van der Waals surface area contributed by atoms with Crippen molar-refractivity contribution in [3.63, 3.8) is 0 Å². The summed E-state index contributed by atoms with van der Waals surface area (Å²) in [6, 6.07) is 7.96. The molecule has 88 valence electrons. The van der Waals surface area contributed by atoms with Gasteiger partial charge in [0.05, 0.1) is 7.11 Å². The van der Waals surface area contributed by atoms with Crippen LogP contribution in [0.15, 0.2) is 29.3 Å². The first-order valence-electron chi connectivity index (χ1n) is 6.00. The second-order valence-corrected chi connectivity index (χ2v) is 3.87. The quantitative estimate of drug-likeness (QED) is 0.506. The van der Waals surface area contributed by atoms with Gasteiger partial charge in [-0.05, 0) is 36.2 Å². The second-order valence-electron chi connectivity index (χ2n) is 3.87. The van der Waals surface area contributed by atoms with Gasteiger partial charge in [-0.1, -0.05) is 26.2 Å². The Balaban J connectivity index is 2.27. The Kier molecular flexibility index (Phi) is 6.31. The highest BCUT2D eigenvalue weighted by atomic mass is 16.5. The fraction of sp³-hybridized carbons (Fsp3) is 0.500. The van der Waals surface area contributed by atoms with Crippen molar-refractivity contribution in [1.29, 1.82) is 0 Å². The summed E-state index contributed by atoms with van der Waals surface area (Å²) in [6.07, 6.45) is 7.02. The zero-order chi connectivity index (χ0) is 11.6. The molecule has 1 rings (SSSR count). The molecule has 0 aliphatic carbocycles. The van der Waals surface area contributed by atoms with Crippen LogP contribution in [0.5, 0.6) is 5.75 Å². The van der Waals surface area contributed by atoms with E-state index in [-0.39, 0.29) is 0 Å². The van der Waals surface area contributed by atoms with Gasteiger partial charge in [0, 0.05) is 12.8 Å². The Morgan fingerprint density at radius 1 is 1.12 bits per heavy atom. The number of hydrogen-bond donors (Lipinski definition) is 0. The lowest BCUT2D eigenvalue weighted by molar-refractivity contribution is 0.415. The number of rotatable bonds is 7. The molecule has 0 atom stereocenters. The maximum absolute atomic E-state index is 5.09. The van der Waals surface area contributed by atoms with Crippen LogP contribution < -0.4 is 4.74 Å². The molecule has 0 unspecified atom stereocenters. The zero-order valence-corrected chi connectivity index (χ0v) is 10.3. The Hall–Kier alpha value is -1.31. The van der Waals surface area contributed by atoms with Gasteiger partial charge in [-0.2, -0.15) is 0 Å². The van der Waals surface area contributed by atoms with Crippen molar-refractivity contribution in [1.82, 2.24) is 0 Å². The monoisotopic (exact) mass is 219 g/mol. The number of ether oxygens (including phenoxy) is 1. The number of hydrogen-bond acceptors (Lipinski definition) is 2. The van der Waals surface area contributed by atoms with Crippen molar-refractivity contribution in [2.75, 3.05) is 13.7 Å². The molecule has 0 aliphatic heterocycles. The van der Waals surface area contributed by atoms with Crippen LogP contribution in [0.25, 0.3) is 0 Å². The van der Waals surface area contributed by atoms with E-state index in [1.807, 2.05) is 30.5 Å². The highest BCUT2D eigenvalue weighted by molar-refractivity contribution is 5.79. The van der Waals surface area contributed by atoms with Crippen molar-refractivity contribution in [3.05, 3.63) is 29.8 Å². The molecule has 16 heavy (non-hydrogen) atoms. The molecule has 0 spiro atoms. The first-order chi connectivity index (χ1) is 7.86. The molecule has 0 radical (unpaired) electrons. The molecule has 0 bridgehead atoms. The molecule has 2 nitrogen and oxygen atoms in total. The van der Waals surface area contributed by atoms with Crippen LogP contribution in [0.4, 0.5) is 0 Å². The van der Waals surface area contributed by atoms with Gasteiger partial charge in [0.25, 0.3) is 0 Å². The minimum atomic E-state index is 0.889. The predicted molar refractivity (Wildman–Crippen MR) is 69.6 cm³/mol. The third-order valence-corrected chi connectivity index (χ3v) is 2.50. The highest BCUT2D eigenvalue weighted by Crippen LogP contribution is 2.09. The van der Waals surface area contributed by atoms with Gasteiger partial charge in [-0.25, -0.2) is 0 Å². The standard InChI is InChI=1S/C14H21NO/c1-3-4-5-6-11-15-12-13-7-9-14(16-2)10-8-13/h7-10,12H,3-6,11H2,1-2H3. The maximum Gasteiger partial charge on any atom is 0.118 e. The Morgan fingerprint density at radius 3 is 2.50 bits per heavy atom. The van der Waals surface area contributed by atoms with E-state index in [2.05, 4.69) is 11.9 Å². The average molecular weight is 219 g/mol. The molecule has 0 saturated heterocycles. The van der Waals surface area contributed by atoms with Gasteiger partial charge in [0.15, 0.2) is 0 Å². The van der Waals surface area contributed by atoms with Gasteiger partial charge in [0.2, 0.25) is 0 Å². The van der Waals surface area contributed by atoms with Crippen LogP contribution in [0.3, 0.4) is 0 Å². The van der Waals surface area contributed by atoms with E-state index in [9.17, 15) is 0 Å². The van der Waals surface area contributed by atoms with E-state index in [0.717, 1.165) is 17.9 Å². The summed E-state index contributed by atoms with van der Waals surface area (Å²) in [4.78, 5) is 4.40. The number of aliphatic imine (C=N–C) groups is 1. The van der Waals surface area contributed by atoms with Crippen molar-refractivity contribution in [2.45, 2.75) is 32.6 Å². The Labute approximate surface area is 98.4 Å². The van der Waals surface area contributed by atoms with Gasteiger partial charge in [-0.3, -0.25) is 4.99 Å². The lowest BCUT2D eigenvalue weighted by Gasteiger charge is -1.99. The van der Waals surface area contributed by atoms with E-state index in [1.165, 1.54) is 25.7 Å². The van der Waals surface area contributed by atoms with Gasteiger partial charge >= 0.3 is 0 Å². The third kappa shape index (κ3) is 4.96. The molecule has 0 saturated carbocycles. The van der Waals surface area contributed by atoms with Gasteiger partial charge < -0.3 is 4.74 Å². The SMILES string of the molecule is CCCCCCN=Cc1ccc(OC)cc1. The van der Waals surface area contributed by atoms with E-state index >= 15 is 0 Å². The minimum Gasteiger partial charge on any atom is -0.497 e. The molecule has 2 heteroatoms. The highest BCUT2D eigenvalue weighted by Gasteiger charge is 1.90. The lowest BCUT2D eigenvalue weighted by Crippen LogP contribution is -1.87. The van der Waals surface area contributed by atoms with E-state index < -0.39 is 0 Å². The number of nitrogens with zero attached hydrogens (tertiary/aromatic N) is 1. The van der Waals surface area contributed by atoms with Gasteiger partial charge in [-0.15, -0.1) is 0 Å². The van der Waals surface area contributed by atoms with Crippen molar-refractivity contribution in [3.8, 4) is 5.75 Å². The zero-order valence-electron chi connectivity index (χ0n) is 10.3. The number of benzene rings is 1. The van der Waals surface area contributed by atoms with Crippen LogP contribution in [0, 0.1) is 0 Å². The summed E-state index contributed by atoms with van der Waals surface area (Å²) in [7, 11) is 1.68. The van der Waals surface area contributed by atoms with Crippen molar-refractivity contribution < 1.29 is 4.74 Å². The summed E-state index contributed by atoms with van der Waals surface area (Å²) in [5, 5.41) is 0. The third-order valence-electron chi connectivity index (χ3n) is 2.50. The lowest BCUT2D eigenvalue weighted by atomic mass is 10.2. The largest absolute Gasteiger partial charge is 0.497 e. The molecule has 0 amide bonds. The summed E-state index contributed by atoms with van der Waals surface area (Å²) < 4.78 is 5.09. The first kappa shape index (κ1) is 12.8. The summed E-state index contributed by atoms with van der Waals surface area (Å²) in [5.74, 6) is 0.889. The first-order valence-corrected chi connectivity index (χ1v) is 6.00. The van der Waals surface area contributed by atoms with Crippen LogP contribution >= 0.6 is 0 Å². The molecular formula is C14H21NO. The summed E-state index contributed by atoms with van der Waals surface area (Å²) in [6.45, 7) is 3.16. The number of methoxy groups -OCH3 is 1. The van der Waals surface area contributed by atoms with E-state index in [1.54, 1.807) is 7.11 Å². The Bertz CT molecular complexity index is 303. The molecule has 1 aromatic rings. The molecule has 0 fully saturated rings. The van der Waals surface area contributed by atoms with Gasteiger partial charge in [0.1, 0.15) is 5.75 Å². The van der Waals surface area contributed by atoms with Crippen molar-refractivity contribution in [2.24, 2.45) is 4.99 Å². The number of unbranched alkanes of at least 4 members (excludes halogenated alkanes) is 3. The summed E-state index contributed by atoms with van der Waals surface area (Å²) >= 11 is 0. The van der Waals surface area contributed by atoms with E-state index in [0.29, 0.717) is 0 Å². The molecule has 1 aromatic carbocycles. The summed E-state index contributed by atoms with van der Waals surface area (Å²) in [5.41, 5.74) is 1.14. The van der Waals surface area contributed by atoms with Crippen LogP contribution in [-0.4, -0.2) is 19.9 Å². The maximum atomic E-state index is 5.09. The van der Waals surface area contributed by atoms with Crippen LogP contribution in [0.2, 0.25) is 0 Å². The average Bonchev–Trinajstić information content (AvgIpc) is 2.34.